The molecule has 0 radical (unpaired) electrons. The summed E-state index contributed by atoms with van der Waals surface area (Å²) in [6, 6.07) is 3.15. The van der Waals surface area contributed by atoms with Crippen molar-refractivity contribution in [1.29, 1.82) is 0 Å². The molecule has 1 aliphatic heterocycles. The maximum atomic E-state index is 14.0. The van der Waals surface area contributed by atoms with Gasteiger partial charge in [0.15, 0.2) is 11.5 Å². The number of rotatable bonds is 2. The van der Waals surface area contributed by atoms with Gasteiger partial charge in [-0.3, -0.25) is 0 Å². The fourth-order valence-electron chi connectivity index (χ4n) is 2.05. The molecule has 0 amide bonds. The van der Waals surface area contributed by atoms with Gasteiger partial charge in [-0.2, -0.15) is 0 Å². The number of fused-ring (bicyclic) bond motifs is 1. The molecule has 2 nitrogen and oxygen atoms in total. The van der Waals surface area contributed by atoms with Crippen LogP contribution in [0, 0.1) is 23.6 Å². The Labute approximate surface area is 107 Å². The van der Waals surface area contributed by atoms with Crippen LogP contribution in [0.5, 0.6) is 11.5 Å². The van der Waals surface area contributed by atoms with Crippen LogP contribution in [-0.2, 0) is 0 Å². The minimum absolute atomic E-state index is 0.0216. The predicted octanol–water partition coefficient (Wildman–Crippen LogP) is 3.36. The second kappa shape index (κ2) is 5.30. The highest BCUT2D eigenvalue weighted by Gasteiger charge is 2.21. The lowest BCUT2D eigenvalue weighted by molar-refractivity contribution is 0.170. The fraction of sp³-hybridized carbons (Fsp3) is 0.467. The number of hydrogen-bond donors (Lipinski definition) is 0. The van der Waals surface area contributed by atoms with Gasteiger partial charge in [-0.15, -0.1) is 5.92 Å². The van der Waals surface area contributed by atoms with E-state index in [1.54, 1.807) is 13.0 Å². The van der Waals surface area contributed by atoms with E-state index in [9.17, 15) is 4.39 Å². The molecule has 1 aromatic rings. The summed E-state index contributed by atoms with van der Waals surface area (Å²) < 4.78 is 24.9. The third-order valence-corrected chi connectivity index (χ3v) is 3.27. The van der Waals surface area contributed by atoms with E-state index in [0.717, 1.165) is 0 Å². The molecule has 0 saturated heterocycles. The van der Waals surface area contributed by atoms with Crippen LogP contribution in [0.4, 0.5) is 4.39 Å². The highest BCUT2D eigenvalue weighted by Crippen LogP contribution is 2.37. The van der Waals surface area contributed by atoms with Gasteiger partial charge in [-0.25, -0.2) is 4.39 Å². The normalized spacial score (nSPS) is 16.4. The zero-order chi connectivity index (χ0) is 13.1. The van der Waals surface area contributed by atoms with Crippen molar-refractivity contribution in [1.82, 2.24) is 0 Å². The van der Waals surface area contributed by atoms with Crippen molar-refractivity contribution in [3.8, 4) is 23.3 Å². The summed E-state index contributed by atoms with van der Waals surface area (Å²) >= 11 is 0. The number of hydrogen-bond acceptors (Lipinski definition) is 2. The Morgan fingerprint density at radius 1 is 1.17 bits per heavy atom. The molecule has 2 unspecified atom stereocenters. The summed E-state index contributed by atoms with van der Waals surface area (Å²) in [5.41, 5.74) is 0.634. The first-order chi connectivity index (χ1) is 8.63. The summed E-state index contributed by atoms with van der Waals surface area (Å²) in [5, 5.41) is 0. The van der Waals surface area contributed by atoms with E-state index in [1.165, 1.54) is 6.07 Å². The van der Waals surface area contributed by atoms with Crippen LogP contribution in [0.2, 0.25) is 0 Å². The number of benzene rings is 1. The molecule has 0 saturated carbocycles. The number of halogens is 1. The Kier molecular flexibility index (Phi) is 3.76. The zero-order valence-corrected chi connectivity index (χ0v) is 10.9. The van der Waals surface area contributed by atoms with Crippen LogP contribution < -0.4 is 9.47 Å². The summed E-state index contributed by atoms with van der Waals surface area (Å²) in [4.78, 5) is 0. The van der Waals surface area contributed by atoms with Crippen molar-refractivity contribution in [2.75, 3.05) is 13.2 Å². The molecule has 1 heterocycles. The molecule has 0 aliphatic carbocycles. The first kappa shape index (κ1) is 12.8. The quantitative estimate of drug-likeness (QED) is 0.747. The van der Waals surface area contributed by atoms with Gasteiger partial charge >= 0.3 is 0 Å². The Hall–Kier alpha value is -1.69. The molecule has 1 aromatic carbocycles. The molecule has 0 spiro atoms. The standard InChI is InChI=1S/C15H17FO2/c1-4-5-10(2)11(3)12-8-14-15(9-13(12)16)18-7-6-17-14/h8-11H,6-7H2,1-3H3. The van der Waals surface area contributed by atoms with Crippen LogP contribution in [0.25, 0.3) is 0 Å². The highest BCUT2D eigenvalue weighted by atomic mass is 19.1. The van der Waals surface area contributed by atoms with E-state index in [4.69, 9.17) is 9.47 Å². The van der Waals surface area contributed by atoms with Crippen molar-refractivity contribution < 1.29 is 13.9 Å². The van der Waals surface area contributed by atoms with Crippen LogP contribution in [-0.4, -0.2) is 13.2 Å². The van der Waals surface area contributed by atoms with Crippen LogP contribution in [0.3, 0.4) is 0 Å². The van der Waals surface area contributed by atoms with Crippen LogP contribution in [0.1, 0.15) is 32.3 Å². The average Bonchev–Trinajstić information content (AvgIpc) is 2.37. The molecular weight excluding hydrogens is 231 g/mol. The van der Waals surface area contributed by atoms with E-state index < -0.39 is 0 Å². The summed E-state index contributed by atoms with van der Waals surface area (Å²) in [6.07, 6.45) is 0. The van der Waals surface area contributed by atoms with E-state index >= 15 is 0 Å². The lowest BCUT2D eigenvalue weighted by Gasteiger charge is -2.22. The Morgan fingerprint density at radius 2 is 1.78 bits per heavy atom. The monoisotopic (exact) mass is 248 g/mol. The molecule has 2 rings (SSSR count). The van der Waals surface area contributed by atoms with Gasteiger partial charge in [-0.1, -0.05) is 19.8 Å². The molecule has 0 N–H and O–H groups in total. The third kappa shape index (κ3) is 2.43. The van der Waals surface area contributed by atoms with Gasteiger partial charge in [-0.05, 0) is 24.5 Å². The van der Waals surface area contributed by atoms with Crippen molar-refractivity contribution in [2.45, 2.75) is 26.7 Å². The smallest absolute Gasteiger partial charge is 0.164 e. The van der Waals surface area contributed by atoms with Crippen molar-refractivity contribution in [2.24, 2.45) is 5.92 Å². The molecule has 0 fully saturated rings. The number of ether oxygens (including phenoxy) is 2. The highest BCUT2D eigenvalue weighted by molar-refractivity contribution is 5.46. The largest absolute Gasteiger partial charge is 0.486 e. The van der Waals surface area contributed by atoms with Gasteiger partial charge in [0.25, 0.3) is 0 Å². The molecular formula is C15H17FO2. The molecule has 2 atom stereocenters. The molecule has 96 valence electrons. The zero-order valence-electron chi connectivity index (χ0n) is 10.9. The second-order valence-corrected chi connectivity index (χ2v) is 4.49. The third-order valence-electron chi connectivity index (χ3n) is 3.27. The Balaban J connectivity index is 2.35. The fourth-order valence-corrected chi connectivity index (χ4v) is 2.05. The maximum Gasteiger partial charge on any atom is 0.164 e. The van der Waals surface area contributed by atoms with Crippen LogP contribution in [0.15, 0.2) is 12.1 Å². The van der Waals surface area contributed by atoms with E-state index in [-0.39, 0.29) is 17.7 Å². The van der Waals surface area contributed by atoms with Gasteiger partial charge < -0.3 is 9.47 Å². The van der Waals surface area contributed by atoms with Crippen molar-refractivity contribution in [3.63, 3.8) is 0 Å². The SMILES string of the molecule is CC#CC(C)C(C)c1cc2c(cc1F)OCCO2. The lowest BCUT2D eigenvalue weighted by Crippen LogP contribution is -2.16. The predicted molar refractivity (Wildman–Crippen MR) is 68.4 cm³/mol. The first-order valence-electron chi connectivity index (χ1n) is 6.14. The maximum absolute atomic E-state index is 14.0. The molecule has 3 heteroatoms. The van der Waals surface area contributed by atoms with Crippen LogP contribution >= 0.6 is 0 Å². The average molecular weight is 248 g/mol. The van der Waals surface area contributed by atoms with Gasteiger partial charge in [0, 0.05) is 12.0 Å². The summed E-state index contributed by atoms with van der Waals surface area (Å²) in [5.74, 6) is 6.92. The minimum atomic E-state index is -0.253. The summed E-state index contributed by atoms with van der Waals surface area (Å²) in [6.45, 7) is 6.75. The Morgan fingerprint density at radius 3 is 2.39 bits per heavy atom. The van der Waals surface area contributed by atoms with Gasteiger partial charge in [0.2, 0.25) is 0 Å². The summed E-state index contributed by atoms with van der Waals surface area (Å²) in [7, 11) is 0. The first-order valence-corrected chi connectivity index (χ1v) is 6.14. The minimum Gasteiger partial charge on any atom is -0.486 e. The van der Waals surface area contributed by atoms with Gasteiger partial charge in [0.1, 0.15) is 19.0 Å². The second-order valence-electron chi connectivity index (χ2n) is 4.49. The molecule has 0 bridgehead atoms. The van der Waals surface area contributed by atoms with Crippen molar-refractivity contribution >= 4 is 0 Å². The van der Waals surface area contributed by atoms with Gasteiger partial charge in [0.05, 0.1) is 0 Å². The molecule has 1 aliphatic rings. The van der Waals surface area contributed by atoms with Crippen molar-refractivity contribution in [3.05, 3.63) is 23.5 Å². The van der Waals surface area contributed by atoms with E-state index in [1.807, 2.05) is 13.8 Å². The van der Waals surface area contributed by atoms with E-state index in [2.05, 4.69) is 11.8 Å². The topological polar surface area (TPSA) is 18.5 Å². The Bertz CT molecular complexity index is 499. The lowest BCUT2D eigenvalue weighted by atomic mass is 9.88. The molecule has 18 heavy (non-hydrogen) atoms. The van der Waals surface area contributed by atoms with E-state index in [0.29, 0.717) is 30.3 Å². The molecule has 0 aromatic heterocycles.